The molecule has 1 aliphatic carbocycles. The van der Waals surface area contributed by atoms with Crippen LogP contribution in [0.3, 0.4) is 0 Å². The average Bonchev–Trinajstić information content (AvgIpc) is 2.42. The number of hydrogen-bond acceptors (Lipinski definition) is 3. The van der Waals surface area contributed by atoms with E-state index in [1.165, 1.54) is 38.5 Å². The summed E-state index contributed by atoms with van der Waals surface area (Å²) in [7, 11) is 0. The minimum Gasteiger partial charge on any atom is -0.335 e. The van der Waals surface area contributed by atoms with Crippen molar-refractivity contribution in [2.24, 2.45) is 4.99 Å². The minimum atomic E-state index is 0.453. The average molecular weight is 295 g/mol. The molecule has 0 unspecified atom stereocenters. The molecule has 0 bridgehead atoms. The van der Waals surface area contributed by atoms with Gasteiger partial charge in [0.15, 0.2) is 5.17 Å². The maximum Gasteiger partial charge on any atom is 0.161 e. The van der Waals surface area contributed by atoms with Gasteiger partial charge >= 0.3 is 0 Å². The normalized spacial score (nSPS) is 22.1. The Morgan fingerprint density at radius 2 is 1.79 bits per heavy atom. The van der Waals surface area contributed by atoms with E-state index < -0.39 is 0 Å². The molecular formula is C15H19ClN2S. The van der Waals surface area contributed by atoms with Gasteiger partial charge in [0.1, 0.15) is 0 Å². The Balaban J connectivity index is 1.68. The van der Waals surface area contributed by atoms with Gasteiger partial charge in [-0.05, 0) is 43.5 Å². The first-order valence-corrected chi connectivity index (χ1v) is 8.21. The largest absolute Gasteiger partial charge is 0.335 e. The summed E-state index contributed by atoms with van der Waals surface area (Å²) in [6.45, 7) is 0.961. The summed E-state index contributed by atoms with van der Waals surface area (Å²) < 4.78 is 0.453. The molecule has 1 aromatic carbocycles. The molecule has 0 radical (unpaired) electrons. The predicted octanol–water partition coefficient (Wildman–Crippen LogP) is 4.95. The SMILES string of the molecule is Clc1ccc(NC2=NCCC3(CCCCC3)S2)cc1. The summed E-state index contributed by atoms with van der Waals surface area (Å²) in [5.74, 6) is 0. The first kappa shape index (κ1) is 13.3. The molecule has 2 nitrogen and oxygen atoms in total. The van der Waals surface area contributed by atoms with Crippen molar-refractivity contribution >= 4 is 34.2 Å². The van der Waals surface area contributed by atoms with Crippen LogP contribution in [-0.2, 0) is 0 Å². The number of aliphatic imine (C=N–C) groups is 1. The summed E-state index contributed by atoms with van der Waals surface area (Å²) in [5.41, 5.74) is 1.07. The monoisotopic (exact) mass is 294 g/mol. The zero-order valence-electron chi connectivity index (χ0n) is 11.0. The molecule has 1 aromatic rings. The molecule has 2 aliphatic rings. The number of hydrogen-bond donors (Lipinski definition) is 1. The highest BCUT2D eigenvalue weighted by molar-refractivity contribution is 8.15. The molecule has 102 valence electrons. The zero-order valence-corrected chi connectivity index (χ0v) is 12.6. The van der Waals surface area contributed by atoms with E-state index in [-0.39, 0.29) is 0 Å². The third-order valence-corrected chi connectivity index (χ3v) is 5.72. The quantitative estimate of drug-likeness (QED) is 0.792. The van der Waals surface area contributed by atoms with E-state index >= 15 is 0 Å². The Kier molecular flexibility index (Phi) is 4.04. The third-order valence-electron chi connectivity index (χ3n) is 4.00. The Bertz CT molecular complexity index is 464. The van der Waals surface area contributed by atoms with Gasteiger partial charge in [-0.1, -0.05) is 42.6 Å². The molecule has 1 N–H and O–H groups in total. The minimum absolute atomic E-state index is 0.453. The number of benzene rings is 1. The second-order valence-electron chi connectivity index (χ2n) is 5.41. The fourth-order valence-electron chi connectivity index (χ4n) is 2.92. The zero-order chi connectivity index (χ0) is 13.1. The topological polar surface area (TPSA) is 24.4 Å². The van der Waals surface area contributed by atoms with Crippen molar-refractivity contribution in [3.05, 3.63) is 29.3 Å². The lowest BCUT2D eigenvalue weighted by Gasteiger charge is -2.39. The van der Waals surface area contributed by atoms with E-state index in [1.54, 1.807) is 0 Å². The first-order valence-electron chi connectivity index (χ1n) is 7.02. The summed E-state index contributed by atoms with van der Waals surface area (Å²) >= 11 is 7.87. The van der Waals surface area contributed by atoms with Crippen LogP contribution in [0, 0.1) is 0 Å². The van der Waals surface area contributed by atoms with Crippen molar-refractivity contribution < 1.29 is 0 Å². The molecule has 1 saturated carbocycles. The van der Waals surface area contributed by atoms with E-state index in [2.05, 4.69) is 10.3 Å². The molecule has 0 atom stereocenters. The number of amidine groups is 1. The highest BCUT2D eigenvalue weighted by Crippen LogP contribution is 2.45. The molecular weight excluding hydrogens is 276 g/mol. The standard InChI is InChI=1S/C15H19ClN2S/c16-12-4-6-13(7-5-12)18-14-17-11-10-15(19-14)8-2-1-3-9-15/h4-7H,1-3,8-11H2,(H,17,18). The lowest BCUT2D eigenvalue weighted by atomic mass is 9.86. The van der Waals surface area contributed by atoms with Crippen LogP contribution in [0.15, 0.2) is 29.3 Å². The molecule has 1 spiro atoms. The van der Waals surface area contributed by atoms with Crippen molar-refractivity contribution in [1.82, 2.24) is 0 Å². The molecule has 0 saturated heterocycles. The third kappa shape index (κ3) is 3.26. The number of thioether (sulfide) groups is 1. The molecule has 0 aromatic heterocycles. The van der Waals surface area contributed by atoms with E-state index in [0.29, 0.717) is 4.75 Å². The van der Waals surface area contributed by atoms with E-state index in [4.69, 9.17) is 11.6 Å². The number of rotatable bonds is 1. The lowest BCUT2D eigenvalue weighted by Crippen LogP contribution is -2.35. The van der Waals surface area contributed by atoms with Gasteiger partial charge in [0, 0.05) is 22.0 Å². The van der Waals surface area contributed by atoms with E-state index in [1.807, 2.05) is 36.0 Å². The second-order valence-corrected chi connectivity index (χ2v) is 7.31. The maximum atomic E-state index is 5.91. The molecule has 1 fully saturated rings. The summed E-state index contributed by atoms with van der Waals surface area (Å²) in [6, 6.07) is 7.84. The van der Waals surface area contributed by atoms with Gasteiger partial charge in [0.25, 0.3) is 0 Å². The van der Waals surface area contributed by atoms with Crippen LogP contribution in [0.1, 0.15) is 38.5 Å². The van der Waals surface area contributed by atoms with Crippen LogP contribution in [0.2, 0.25) is 5.02 Å². The van der Waals surface area contributed by atoms with Crippen molar-refractivity contribution in [3.63, 3.8) is 0 Å². The van der Waals surface area contributed by atoms with Crippen molar-refractivity contribution in [2.75, 3.05) is 11.9 Å². The smallest absolute Gasteiger partial charge is 0.161 e. The van der Waals surface area contributed by atoms with Crippen molar-refractivity contribution in [1.29, 1.82) is 0 Å². The van der Waals surface area contributed by atoms with Gasteiger partial charge in [0.2, 0.25) is 0 Å². The summed E-state index contributed by atoms with van der Waals surface area (Å²) in [4.78, 5) is 4.63. The van der Waals surface area contributed by atoms with E-state index in [9.17, 15) is 0 Å². The maximum absolute atomic E-state index is 5.91. The number of nitrogens with zero attached hydrogens (tertiary/aromatic N) is 1. The van der Waals surface area contributed by atoms with Crippen LogP contribution >= 0.6 is 23.4 Å². The van der Waals surface area contributed by atoms with E-state index in [0.717, 1.165) is 22.4 Å². The fourth-order valence-corrected chi connectivity index (χ4v) is 4.47. The van der Waals surface area contributed by atoms with Crippen molar-refractivity contribution in [3.8, 4) is 0 Å². The summed E-state index contributed by atoms with van der Waals surface area (Å²) in [6.07, 6.45) is 8.09. The predicted molar refractivity (Wildman–Crippen MR) is 85.4 cm³/mol. The Labute approximate surface area is 124 Å². The van der Waals surface area contributed by atoms with Gasteiger partial charge in [-0.25, -0.2) is 0 Å². The van der Waals surface area contributed by atoms with Gasteiger partial charge in [-0.15, -0.1) is 0 Å². The van der Waals surface area contributed by atoms with Crippen molar-refractivity contribution in [2.45, 2.75) is 43.3 Å². The molecule has 1 heterocycles. The van der Waals surface area contributed by atoms with Crippen LogP contribution in [0.4, 0.5) is 5.69 Å². The second kappa shape index (κ2) is 5.76. The number of anilines is 1. The highest BCUT2D eigenvalue weighted by Gasteiger charge is 2.36. The van der Waals surface area contributed by atoms with Crippen LogP contribution in [-0.4, -0.2) is 16.5 Å². The number of halogens is 1. The molecule has 4 heteroatoms. The Morgan fingerprint density at radius 1 is 1.05 bits per heavy atom. The number of nitrogens with one attached hydrogen (secondary N) is 1. The molecule has 1 aliphatic heterocycles. The fraction of sp³-hybridized carbons (Fsp3) is 0.533. The summed E-state index contributed by atoms with van der Waals surface area (Å²) in [5, 5.41) is 5.28. The lowest BCUT2D eigenvalue weighted by molar-refractivity contribution is 0.381. The van der Waals surface area contributed by atoms with Gasteiger partial charge in [-0.3, -0.25) is 4.99 Å². The Hall–Kier alpha value is -0.670. The van der Waals surface area contributed by atoms with Crippen LogP contribution in [0.25, 0.3) is 0 Å². The van der Waals surface area contributed by atoms with Gasteiger partial charge in [-0.2, -0.15) is 0 Å². The van der Waals surface area contributed by atoms with Gasteiger partial charge in [0.05, 0.1) is 0 Å². The first-order chi connectivity index (χ1) is 9.26. The molecule has 3 rings (SSSR count). The molecule has 19 heavy (non-hydrogen) atoms. The van der Waals surface area contributed by atoms with Crippen LogP contribution < -0.4 is 5.32 Å². The molecule has 0 amide bonds. The Morgan fingerprint density at radius 3 is 2.53 bits per heavy atom. The van der Waals surface area contributed by atoms with Gasteiger partial charge < -0.3 is 5.32 Å². The highest BCUT2D eigenvalue weighted by atomic mass is 35.5. The van der Waals surface area contributed by atoms with Crippen LogP contribution in [0.5, 0.6) is 0 Å².